The number of carbonyl (C=O) groups is 1. The van der Waals surface area contributed by atoms with Gasteiger partial charge >= 0.3 is 0 Å². The molecule has 0 bridgehead atoms. The minimum Gasteiger partial charge on any atom is -0.496 e. The van der Waals surface area contributed by atoms with Gasteiger partial charge in [-0.2, -0.15) is 0 Å². The maximum Gasteiger partial charge on any atom is 0.254 e. The highest BCUT2D eigenvalue weighted by atomic mass is 16.5. The summed E-state index contributed by atoms with van der Waals surface area (Å²) < 4.78 is 10.4. The summed E-state index contributed by atoms with van der Waals surface area (Å²) in [5.74, 6) is 0.743. The second-order valence-electron chi connectivity index (χ2n) is 5.27. The van der Waals surface area contributed by atoms with Crippen LogP contribution in [0.25, 0.3) is 0 Å². The van der Waals surface area contributed by atoms with Crippen molar-refractivity contribution in [3.63, 3.8) is 0 Å². The van der Waals surface area contributed by atoms with Crippen LogP contribution in [0.4, 0.5) is 0 Å². The third-order valence-corrected chi connectivity index (χ3v) is 3.32. The van der Waals surface area contributed by atoms with Crippen LogP contribution < -0.4 is 4.74 Å². The molecule has 118 valence electrons. The maximum absolute atomic E-state index is 12.6. The molecule has 0 saturated carbocycles. The highest BCUT2D eigenvalue weighted by Gasteiger charge is 2.16. The lowest BCUT2D eigenvalue weighted by molar-refractivity contribution is 0.0682. The average molecular weight is 294 g/mol. The van der Waals surface area contributed by atoms with E-state index in [1.54, 1.807) is 20.3 Å². The zero-order valence-corrected chi connectivity index (χ0v) is 13.7. The van der Waals surface area contributed by atoms with Crippen LogP contribution in [0.1, 0.15) is 15.9 Å². The van der Waals surface area contributed by atoms with Crippen LogP contribution in [-0.2, 0) is 4.74 Å². The fourth-order valence-electron chi connectivity index (χ4n) is 1.97. The number of benzene rings is 1. The fourth-order valence-corrected chi connectivity index (χ4v) is 1.97. The molecule has 1 aromatic rings. The number of ether oxygens (including phenoxy) is 2. The smallest absolute Gasteiger partial charge is 0.254 e. The molecule has 0 aromatic heterocycles. The van der Waals surface area contributed by atoms with Crippen molar-refractivity contribution in [1.82, 2.24) is 9.80 Å². The Balaban J connectivity index is 2.87. The molecule has 0 heterocycles. The number of methoxy groups -OCH3 is 2. The van der Waals surface area contributed by atoms with Gasteiger partial charge in [-0.05, 0) is 38.7 Å². The lowest BCUT2D eigenvalue weighted by atomic mass is 10.1. The Kier molecular flexibility index (Phi) is 7.19. The van der Waals surface area contributed by atoms with E-state index in [2.05, 4.69) is 4.90 Å². The van der Waals surface area contributed by atoms with E-state index < -0.39 is 0 Å². The first-order valence-corrected chi connectivity index (χ1v) is 7.07. The molecule has 0 aliphatic rings. The molecule has 0 atom stereocenters. The van der Waals surface area contributed by atoms with Gasteiger partial charge in [0.25, 0.3) is 5.91 Å². The van der Waals surface area contributed by atoms with Crippen molar-refractivity contribution >= 4 is 5.91 Å². The molecule has 1 amide bonds. The first-order valence-electron chi connectivity index (χ1n) is 7.07. The number of hydrogen-bond donors (Lipinski definition) is 0. The van der Waals surface area contributed by atoms with E-state index in [9.17, 15) is 4.79 Å². The summed E-state index contributed by atoms with van der Waals surface area (Å²) in [5.41, 5.74) is 1.66. The number of hydrogen-bond acceptors (Lipinski definition) is 4. The predicted octanol–water partition coefficient (Wildman–Crippen LogP) is 1.65. The third-order valence-electron chi connectivity index (χ3n) is 3.32. The SMILES string of the molecule is COCCN(CCN(C)C)C(=O)c1ccc(C)c(OC)c1. The van der Waals surface area contributed by atoms with Gasteiger partial charge in [0.05, 0.1) is 13.7 Å². The van der Waals surface area contributed by atoms with Gasteiger partial charge in [-0.3, -0.25) is 4.79 Å². The van der Waals surface area contributed by atoms with Crippen molar-refractivity contribution in [3.05, 3.63) is 29.3 Å². The van der Waals surface area contributed by atoms with Gasteiger partial charge in [0, 0.05) is 32.3 Å². The summed E-state index contributed by atoms with van der Waals surface area (Å²) in [6.07, 6.45) is 0. The Labute approximate surface area is 127 Å². The maximum atomic E-state index is 12.6. The van der Waals surface area contributed by atoms with Crippen LogP contribution in [0.3, 0.4) is 0 Å². The summed E-state index contributed by atoms with van der Waals surface area (Å²) in [6, 6.07) is 5.55. The minimum atomic E-state index is 0.00667. The lowest BCUT2D eigenvalue weighted by Gasteiger charge is -2.24. The van der Waals surface area contributed by atoms with Gasteiger partial charge in [0.2, 0.25) is 0 Å². The molecule has 5 nitrogen and oxygen atoms in total. The molecule has 5 heteroatoms. The second-order valence-corrected chi connectivity index (χ2v) is 5.27. The lowest BCUT2D eigenvalue weighted by Crippen LogP contribution is -2.38. The Bertz CT molecular complexity index is 461. The quantitative estimate of drug-likeness (QED) is 0.731. The first kappa shape index (κ1) is 17.5. The molecule has 21 heavy (non-hydrogen) atoms. The van der Waals surface area contributed by atoms with E-state index in [0.29, 0.717) is 25.3 Å². The van der Waals surface area contributed by atoms with Crippen molar-refractivity contribution in [2.45, 2.75) is 6.92 Å². The molecule has 0 saturated heterocycles. The number of likely N-dealkylation sites (N-methyl/N-ethyl adjacent to an activating group) is 1. The first-order chi connectivity index (χ1) is 9.99. The molecule has 0 aliphatic carbocycles. The van der Waals surface area contributed by atoms with Crippen LogP contribution in [0.2, 0.25) is 0 Å². The Morgan fingerprint density at radius 3 is 2.43 bits per heavy atom. The molecule has 0 N–H and O–H groups in total. The number of aryl methyl sites for hydroxylation is 1. The zero-order valence-electron chi connectivity index (χ0n) is 13.7. The van der Waals surface area contributed by atoms with E-state index in [0.717, 1.165) is 17.9 Å². The van der Waals surface area contributed by atoms with Gasteiger partial charge in [-0.1, -0.05) is 6.07 Å². The van der Waals surface area contributed by atoms with Crippen LogP contribution in [0.5, 0.6) is 5.75 Å². The zero-order chi connectivity index (χ0) is 15.8. The molecule has 1 aromatic carbocycles. The summed E-state index contributed by atoms with van der Waals surface area (Å²) in [7, 11) is 7.25. The van der Waals surface area contributed by atoms with E-state index in [-0.39, 0.29) is 5.91 Å². The van der Waals surface area contributed by atoms with Gasteiger partial charge in [0.15, 0.2) is 0 Å². The Morgan fingerprint density at radius 2 is 1.86 bits per heavy atom. The fraction of sp³-hybridized carbons (Fsp3) is 0.562. The predicted molar refractivity (Wildman–Crippen MR) is 84.1 cm³/mol. The largest absolute Gasteiger partial charge is 0.496 e. The van der Waals surface area contributed by atoms with Gasteiger partial charge < -0.3 is 19.3 Å². The summed E-state index contributed by atoms with van der Waals surface area (Å²) >= 11 is 0. The van der Waals surface area contributed by atoms with E-state index >= 15 is 0 Å². The van der Waals surface area contributed by atoms with Crippen molar-refractivity contribution in [2.75, 3.05) is 54.6 Å². The Hall–Kier alpha value is -1.59. The Morgan fingerprint density at radius 1 is 1.14 bits per heavy atom. The normalized spacial score (nSPS) is 10.8. The van der Waals surface area contributed by atoms with Crippen LogP contribution >= 0.6 is 0 Å². The average Bonchev–Trinajstić information content (AvgIpc) is 2.47. The number of nitrogens with zero attached hydrogens (tertiary/aromatic N) is 2. The highest BCUT2D eigenvalue weighted by molar-refractivity contribution is 5.94. The van der Waals surface area contributed by atoms with Gasteiger partial charge in [0.1, 0.15) is 5.75 Å². The van der Waals surface area contributed by atoms with Gasteiger partial charge in [-0.25, -0.2) is 0 Å². The van der Waals surface area contributed by atoms with E-state index in [4.69, 9.17) is 9.47 Å². The van der Waals surface area contributed by atoms with E-state index in [1.165, 1.54) is 0 Å². The van der Waals surface area contributed by atoms with Crippen LogP contribution in [-0.4, -0.2) is 70.3 Å². The standard InChI is InChI=1S/C16H26N2O3/c1-13-6-7-14(12-15(13)21-5)16(19)18(10-11-20-4)9-8-17(2)3/h6-7,12H,8-11H2,1-5H3. The van der Waals surface area contributed by atoms with Crippen molar-refractivity contribution < 1.29 is 14.3 Å². The van der Waals surface area contributed by atoms with E-state index in [1.807, 2.05) is 38.1 Å². The molecule has 0 radical (unpaired) electrons. The summed E-state index contributed by atoms with van der Waals surface area (Å²) in [6.45, 7) is 4.56. The van der Waals surface area contributed by atoms with Gasteiger partial charge in [-0.15, -0.1) is 0 Å². The molecular formula is C16H26N2O3. The van der Waals surface area contributed by atoms with Crippen molar-refractivity contribution in [3.8, 4) is 5.75 Å². The second kappa shape index (κ2) is 8.64. The number of amides is 1. The number of carbonyl (C=O) groups excluding carboxylic acids is 1. The molecule has 0 fully saturated rings. The third kappa shape index (κ3) is 5.36. The summed E-state index contributed by atoms with van der Waals surface area (Å²) in [5, 5.41) is 0. The van der Waals surface area contributed by atoms with Crippen LogP contribution in [0, 0.1) is 6.92 Å². The highest BCUT2D eigenvalue weighted by Crippen LogP contribution is 2.20. The molecule has 0 unspecified atom stereocenters. The van der Waals surface area contributed by atoms with Crippen molar-refractivity contribution in [2.24, 2.45) is 0 Å². The molecule has 1 rings (SSSR count). The summed E-state index contributed by atoms with van der Waals surface area (Å²) in [4.78, 5) is 16.5. The minimum absolute atomic E-state index is 0.00667. The van der Waals surface area contributed by atoms with Crippen LogP contribution in [0.15, 0.2) is 18.2 Å². The monoisotopic (exact) mass is 294 g/mol. The van der Waals surface area contributed by atoms with Crippen molar-refractivity contribution in [1.29, 1.82) is 0 Å². The molecular weight excluding hydrogens is 268 g/mol. The molecule has 0 aliphatic heterocycles. The topological polar surface area (TPSA) is 42.0 Å². The number of rotatable bonds is 8. The molecule has 0 spiro atoms.